The molecule has 0 aromatic heterocycles. The number of aryl methyl sites for hydroxylation is 1. The van der Waals surface area contributed by atoms with Gasteiger partial charge in [0.15, 0.2) is 5.78 Å². The van der Waals surface area contributed by atoms with Crippen molar-refractivity contribution >= 4 is 21.5 Å². The molecule has 0 radical (unpaired) electrons. The molecule has 16 heavy (non-hydrogen) atoms. The lowest BCUT2D eigenvalue weighted by molar-refractivity contribution is 0.0973. The number of sulfonamides is 1. The third kappa shape index (κ3) is 2.24. The molecule has 86 valence electrons. The van der Waals surface area contributed by atoms with Gasteiger partial charge in [-0.15, -0.1) is 0 Å². The maximum absolute atomic E-state index is 11.8. The van der Waals surface area contributed by atoms with Crippen molar-refractivity contribution in [3.8, 4) is 0 Å². The minimum absolute atomic E-state index is 0.0213. The van der Waals surface area contributed by atoms with E-state index in [4.69, 9.17) is 0 Å². The molecule has 0 bridgehead atoms. The molecule has 1 aromatic carbocycles. The summed E-state index contributed by atoms with van der Waals surface area (Å²) in [6.07, 6.45) is 3.25. The zero-order chi connectivity index (χ0) is 11.8. The van der Waals surface area contributed by atoms with Crippen LogP contribution in [-0.4, -0.2) is 20.5 Å². The van der Waals surface area contributed by atoms with Crippen LogP contribution < -0.4 is 4.72 Å². The summed E-state index contributed by atoms with van der Waals surface area (Å²) in [6, 6.07) is 5.27. The van der Waals surface area contributed by atoms with Crippen LogP contribution in [0.1, 0.15) is 28.8 Å². The fraction of sp³-hybridized carbons (Fsp3) is 0.364. The lowest BCUT2D eigenvalue weighted by atomic mass is 9.89. The van der Waals surface area contributed by atoms with Crippen LogP contribution in [-0.2, 0) is 16.4 Å². The van der Waals surface area contributed by atoms with Crippen molar-refractivity contribution in [2.24, 2.45) is 0 Å². The predicted octanol–water partition coefficient (Wildman–Crippen LogP) is 1.58. The van der Waals surface area contributed by atoms with Crippen LogP contribution in [0.15, 0.2) is 18.2 Å². The summed E-state index contributed by atoms with van der Waals surface area (Å²) in [7, 11) is -3.34. The maximum atomic E-state index is 11.8. The molecule has 5 heteroatoms. The number of rotatable bonds is 2. The summed E-state index contributed by atoms with van der Waals surface area (Å²) in [6.45, 7) is 0. The molecule has 0 atom stereocenters. The van der Waals surface area contributed by atoms with Crippen molar-refractivity contribution in [3.05, 3.63) is 29.3 Å². The number of Topliss-reactive ketones (excluding diaryl/α,β-unsaturated/α-hetero) is 1. The quantitative estimate of drug-likeness (QED) is 0.852. The SMILES string of the molecule is CS(=O)(=O)Nc1cccc2c1C(=O)CCC2. The van der Waals surface area contributed by atoms with Crippen molar-refractivity contribution in [1.82, 2.24) is 0 Å². The molecule has 0 unspecified atom stereocenters. The summed E-state index contributed by atoms with van der Waals surface area (Å²) in [5.41, 5.74) is 1.88. The molecule has 0 spiro atoms. The average Bonchev–Trinajstić information content (AvgIpc) is 2.15. The van der Waals surface area contributed by atoms with Crippen molar-refractivity contribution in [2.45, 2.75) is 19.3 Å². The van der Waals surface area contributed by atoms with Gasteiger partial charge in [-0.1, -0.05) is 12.1 Å². The van der Waals surface area contributed by atoms with E-state index >= 15 is 0 Å². The molecule has 0 heterocycles. The average molecular weight is 239 g/mol. The topological polar surface area (TPSA) is 63.2 Å². The van der Waals surface area contributed by atoms with E-state index in [1.807, 2.05) is 6.07 Å². The first-order chi connectivity index (χ1) is 7.47. The Morgan fingerprint density at radius 3 is 2.69 bits per heavy atom. The van der Waals surface area contributed by atoms with Gasteiger partial charge in [0.05, 0.1) is 11.9 Å². The number of hydrogen-bond donors (Lipinski definition) is 1. The first-order valence-electron chi connectivity index (χ1n) is 5.10. The number of nitrogens with one attached hydrogen (secondary N) is 1. The van der Waals surface area contributed by atoms with Gasteiger partial charge in [0.25, 0.3) is 0 Å². The summed E-state index contributed by atoms with van der Waals surface area (Å²) in [5, 5.41) is 0. The van der Waals surface area contributed by atoms with Gasteiger partial charge in [-0.25, -0.2) is 8.42 Å². The molecule has 0 saturated heterocycles. The van der Waals surface area contributed by atoms with Gasteiger partial charge in [-0.05, 0) is 24.5 Å². The van der Waals surface area contributed by atoms with Crippen molar-refractivity contribution in [3.63, 3.8) is 0 Å². The molecule has 0 amide bonds. The van der Waals surface area contributed by atoms with E-state index in [-0.39, 0.29) is 5.78 Å². The Morgan fingerprint density at radius 1 is 1.25 bits per heavy atom. The van der Waals surface area contributed by atoms with Gasteiger partial charge in [0.1, 0.15) is 0 Å². The summed E-state index contributed by atoms with van der Waals surface area (Å²) in [4.78, 5) is 11.8. The van der Waals surface area contributed by atoms with Gasteiger partial charge in [-0.2, -0.15) is 0 Å². The smallest absolute Gasteiger partial charge is 0.229 e. The van der Waals surface area contributed by atoms with Crippen molar-refractivity contribution < 1.29 is 13.2 Å². The largest absolute Gasteiger partial charge is 0.294 e. The summed E-state index contributed by atoms with van der Waals surface area (Å²) >= 11 is 0. The normalized spacial score (nSPS) is 15.7. The highest BCUT2D eigenvalue weighted by Gasteiger charge is 2.21. The second-order valence-electron chi connectivity index (χ2n) is 3.99. The zero-order valence-corrected chi connectivity index (χ0v) is 9.80. The van der Waals surface area contributed by atoms with Gasteiger partial charge in [0, 0.05) is 12.0 Å². The highest BCUT2D eigenvalue weighted by molar-refractivity contribution is 7.92. The van der Waals surface area contributed by atoms with Gasteiger partial charge in [-0.3, -0.25) is 9.52 Å². The van der Waals surface area contributed by atoms with E-state index in [1.54, 1.807) is 12.1 Å². The van der Waals surface area contributed by atoms with Crippen LogP contribution in [0.4, 0.5) is 5.69 Å². The molecular weight excluding hydrogens is 226 g/mol. The lowest BCUT2D eigenvalue weighted by Crippen LogP contribution is -2.17. The van der Waals surface area contributed by atoms with E-state index < -0.39 is 10.0 Å². The second-order valence-corrected chi connectivity index (χ2v) is 5.74. The Hall–Kier alpha value is -1.36. The van der Waals surface area contributed by atoms with Gasteiger partial charge < -0.3 is 0 Å². The van der Waals surface area contributed by atoms with Gasteiger partial charge >= 0.3 is 0 Å². The third-order valence-electron chi connectivity index (χ3n) is 2.57. The zero-order valence-electron chi connectivity index (χ0n) is 8.99. The highest BCUT2D eigenvalue weighted by Crippen LogP contribution is 2.28. The van der Waals surface area contributed by atoms with E-state index in [0.29, 0.717) is 17.7 Å². The Balaban J connectivity index is 2.51. The molecule has 0 aliphatic heterocycles. The summed E-state index contributed by atoms with van der Waals surface area (Å²) < 4.78 is 24.7. The molecule has 0 fully saturated rings. The molecular formula is C11H13NO3S. The van der Waals surface area contributed by atoms with Crippen LogP contribution in [0, 0.1) is 0 Å². The maximum Gasteiger partial charge on any atom is 0.229 e. The third-order valence-corrected chi connectivity index (χ3v) is 3.17. The first kappa shape index (κ1) is 11.1. The van der Waals surface area contributed by atoms with Crippen molar-refractivity contribution in [2.75, 3.05) is 11.0 Å². The minimum Gasteiger partial charge on any atom is -0.294 e. The number of carbonyl (C=O) groups excluding carboxylic acids is 1. The van der Waals surface area contributed by atoms with E-state index in [0.717, 1.165) is 24.7 Å². The van der Waals surface area contributed by atoms with E-state index in [1.165, 1.54) is 0 Å². The second kappa shape index (κ2) is 3.90. The molecule has 2 rings (SSSR count). The van der Waals surface area contributed by atoms with Crippen LogP contribution in [0.2, 0.25) is 0 Å². The number of benzene rings is 1. The molecule has 1 aliphatic carbocycles. The molecule has 0 saturated carbocycles. The van der Waals surface area contributed by atoms with Crippen LogP contribution >= 0.6 is 0 Å². The van der Waals surface area contributed by atoms with Crippen LogP contribution in [0.3, 0.4) is 0 Å². The fourth-order valence-corrected chi connectivity index (χ4v) is 2.56. The van der Waals surface area contributed by atoms with E-state index in [9.17, 15) is 13.2 Å². The summed E-state index contributed by atoms with van der Waals surface area (Å²) in [5.74, 6) is 0.0213. The number of hydrogen-bond acceptors (Lipinski definition) is 3. The Labute approximate surface area is 94.7 Å². The fourth-order valence-electron chi connectivity index (χ4n) is 1.99. The molecule has 4 nitrogen and oxygen atoms in total. The predicted molar refractivity (Wildman–Crippen MR) is 62.2 cm³/mol. The Morgan fingerprint density at radius 2 is 2.00 bits per heavy atom. The Bertz CT molecular complexity index is 534. The van der Waals surface area contributed by atoms with Crippen LogP contribution in [0.25, 0.3) is 0 Å². The number of ketones is 1. The number of anilines is 1. The van der Waals surface area contributed by atoms with Crippen molar-refractivity contribution in [1.29, 1.82) is 0 Å². The van der Waals surface area contributed by atoms with E-state index in [2.05, 4.69) is 4.72 Å². The first-order valence-corrected chi connectivity index (χ1v) is 6.99. The number of carbonyl (C=O) groups is 1. The monoisotopic (exact) mass is 239 g/mol. The molecule has 1 aromatic rings. The minimum atomic E-state index is -3.34. The lowest BCUT2D eigenvalue weighted by Gasteiger charge is -2.18. The molecule has 1 aliphatic rings. The standard InChI is InChI=1S/C11H13NO3S/c1-16(14,15)12-9-6-2-4-8-5-3-7-10(13)11(8)9/h2,4,6,12H,3,5,7H2,1H3. The Kier molecular flexibility index (Phi) is 2.71. The highest BCUT2D eigenvalue weighted by atomic mass is 32.2. The van der Waals surface area contributed by atoms with Gasteiger partial charge in [0.2, 0.25) is 10.0 Å². The molecule has 1 N–H and O–H groups in total. The number of fused-ring (bicyclic) bond motifs is 1. The van der Waals surface area contributed by atoms with Crippen LogP contribution in [0.5, 0.6) is 0 Å².